The van der Waals surface area contributed by atoms with Crippen LogP contribution in [0.15, 0.2) is 66.2 Å². The monoisotopic (exact) mass is 424 g/mol. The Labute approximate surface area is 177 Å². The van der Waals surface area contributed by atoms with Crippen LogP contribution in [0.3, 0.4) is 0 Å². The molecule has 30 heavy (non-hydrogen) atoms. The molecule has 0 aliphatic carbocycles. The summed E-state index contributed by atoms with van der Waals surface area (Å²) >= 11 is 1.20. The van der Waals surface area contributed by atoms with Gasteiger partial charge in [-0.1, -0.05) is 48.2 Å². The normalized spacial score (nSPS) is 17.2. The highest BCUT2D eigenvalue weighted by atomic mass is 32.2. The van der Waals surface area contributed by atoms with Crippen molar-refractivity contribution in [2.75, 3.05) is 11.9 Å². The number of nitro groups is 1. The lowest BCUT2D eigenvalue weighted by Gasteiger charge is -2.14. The number of carbonyl (C=O) groups is 2. The van der Waals surface area contributed by atoms with Crippen molar-refractivity contribution in [2.45, 2.75) is 18.6 Å². The number of nitrogens with zero attached hydrogens (tertiary/aromatic N) is 3. The van der Waals surface area contributed by atoms with E-state index in [0.29, 0.717) is 5.17 Å². The number of anilines is 1. The topological polar surface area (TPSA) is 105 Å². The van der Waals surface area contributed by atoms with Gasteiger partial charge in [-0.25, -0.2) is 4.99 Å². The summed E-state index contributed by atoms with van der Waals surface area (Å²) in [5.74, 6) is -0.726. The molecule has 9 heteroatoms. The van der Waals surface area contributed by atoms with Gasteiger partial charge in [0.2, 0.25) is 11.8 Å². The zero-order chi connectivity index (χ0) is 21.7. The number of hydrogen-bond acceptors (Lipinski definition) is 6. The summed E-state index contributed by atoms with van der Waals surface area (Å²) in [6.07, 6.45) is 1.47. The standard InChI is InChI=1S/C21H20N4O4S/c1-3-12-24-20(27)18(30-21(24)23-15-9-5-4-8-14(15)2)13-19(26)22-16-10-6-7-11-17(16)25(28)29/h3-11,18H,1,12-13H2,2H3,(H,22,26). The van der Waals surface area contributed by atoms with Gasteiger partial charge in [0.15, 0.2) is 5.17 Å². The van der Waals surface area contributed by atoms with Crippen LogP contribution in [0.25, 0.3) is 0 Å². The van der Waals surface area contributed by atoms with Crippen molar-refractivity contribution in [1.82, 2.24) is 4.90 Å². The first-order valence-corrected chi connectivity index (χ1v) is 10.0. The molecule has 1 saturated heterocycles. The molecule has 3 rings (SSSR count). The summed E-state index contributed by atoms with van der Waals surface area (Å²) in [4.78, 5) is 42.0. The Hall–Kier alpha value is -3.46. The lowest BCUT2D eigenvalue weighted by atomic mass is 10.2. The second-order valence-corrected chi connectivity index (χ2v) is 7.72. The molecule has 1 atom stereocenters. The zero-order valence-corrected chi connectivity index (χ0v) is 17.1. The SMILES string of the molecule is C=CCN1C(=O)C(CC(=O)Nc2ccccc2[N+](=O)[O-])SC1=Nc1ccccc1C. The van der Waals surface area contributed by atoms with Crippen molar-refractivity contribution < 1.29 is 14.5 Å². The van der Waals surface area contributed by atoms with Gasteiger partial charge in [-0.05, 0) is 24.6 Å². The molecule has 1 heterocycles. The molecular weight excluding hydrogens is 404 g/mol. The van der Waals surface area contributed by atoms with Crippen LogP contribution in [0.1, 0.15) is 12.0 Å². The fourth-order valence-corrected chi connectivity index (χ4v) is 4.08. The van der Waals surface area contributed by atoms with Crippen molar-refractivity contribution in [3.63, 3.8) is 0 Å². The summed E-state index contributed by atoms with van der Waals surface area (Å²) in [7, 11) is 0. The Kier molecular flexibility index (Phi) is 6.63. The van der Waals surface area contributed by atoms with Crippen LogP contribution in [-0.2, 0) is 9.59 Å². The third-order valence-electron chi connectivity index (χ3n) is 4.41. The lowest BCUT2D eigenvalue weighted by molar-refractivity contribution is -0.383. The number of carbonyl (C=O) groups excluding carboxylic acids is 2. The van der Waals surface area contributed by atoms with E-state index >= 15 is 0 Å². The van der Waals surface area contributed by atoms with E-state index in [1.54, 1.807) is 12.1 Å². The Balaban J connectivity index is 1.77. The lowest BCUT2D eigenvalue weighted by Crippen LogP contribution is -2.33. The van der Waals surface area contributed by atoms with Gasteiger partial charge < -0.3 is 5.32 Å². The Morgan fingerprint density at radius 1 is 1.30 bits per heavy atom. The van der Waals surface area contributed by atoms with Crippen molar-refractivity contribution in [3.8, 4) is 0 Å². The number of aliphatic imine (C=N–C) groups is 1. The van der Waals surface area contributed by atoms with Gasteiger partial charge in [-0.3, -0.25) is 24.6 Å². The molecule has 0 spiro atoms. The van der Waals surface area contributed by atoms with Gasteiger partial charge in [0.1, 0.15) is 10.9 Å². The van der Waals surface area contributed by atoms with E-state index in [1.165, 1.54) is 34.9 Å². The molecule has 1 N–H and O–H groups in total. The van der Waals surface area contributed by atoms with Gasteiger partial charge in [-0.15, -0.1) is 6.58 Å². The maximum atomic E-state index is 12.8. The average molecular weight is 424 g/mol. The third-order valence-corrected chi connectivity index (χ3v) is 5.58. The molecular formula is C21H20N4O4S. The summed E-state index contributed by atoms with van der Waals surface area (Å²) in [6.45, 7) is 5.89. The Morgan fingerprint density at radius 3 is 2.70 bits per heavy atom. The van der Waals surface area contributed by atoms with E-state index in [4.69, 9.17) is 0 Å². The molecule has 0 bridgehead atoms. The summed E-state index contributed by atoms with van der Waals surface area (Å²) < 4.78 is 0. The van der Waals surface area contributed by atoms with Crippen molar-refractivity contribution in [3.05, 3.63) is 76.9 Å². The number of aryl methyl sites for hydroxylation is 1. The number of thioether (sulfide) groups is 1. The molecule has 1 unspecified atom stereocenters. The van der Waals surface area contributed by atoms with E-state index in [9.17, 15) is 19.7 Å². The molecule has 1 aliphatic heterocycles. The number of para-hydroxylation sites is 3. The number of benzene rings is 2. The maximum absolute atomic E-state index is 12.8. The quantitative estimate of drug-likeness (QED) is 0.410. The summed E-state index contributed by atoms with van der Waals surface area (Å²) in [5, 5.41) is 13.5. The minimum Gasteiger partial charge on any atom is -0.320 e. The highest BCUT2D eigenvalue weighted by Crippen LogP contribution is 2.33. The van der Waals surface area contributed by atoms with Gasteiger partial charge in [0, 0.05) is 19.0 Å². The van der Waals surface area contributed by atoms with Crippen LogP contribution in [0, 0.1) is 17.0 Å². The maximum Gasteiger partial charge on any atom is 0.292 e. The number of amides is 2. The molecule has 2 amide bonds. The number of rotatable bonds is 7. The van der Waals surface area contributed by atoms with E-state index in [2.05, 4.69) is 16.9 Å². The second kappa shape index (κ2) is 9.36. The predicted octanol–water partition coefficient (Wildman–Crippen LogP) is 4.05. The highest BCUT2D eigenvalue weighted by molar-refractivity contribution is 8.15. The zero-order valence-electron chi connectivity index (χ0n) is 16.3. The molecule has 2 aromatic carbocycles. The molecule has 1 fully saturated rings. The van der Waals surface area contributed by atoms with E-state index < -0.39 is 16.1 Å². The van der Waals surface area contributed by atoms with Gasteiger partial charge in [0.25, 0.3) is 5.69 Å². The number of amidine groups is 1. The minimum absolute atomic E-state index is 0.0969. The van der Waals surface area contributed by atoms with Crippen LogP contribution in [0.4, 0.5) is 17.1 Å². The molecule has 0 radical (unpaired) electrons. The van der Waals surface area contributed by atoms with Gasteiger partial charge >= 0.3 is 0 Å². The van der Waals surface area contributed by atoms with Gasteiger partial charge in [0.05, 0.1) is 10.6 Å². The number of hydrogen-bond donors (Lipinski definition) is 1. The van der Waals surface area contributed by atoms with Crippen molar-refractivity contribution in [2.24, 2.45) is 4.99 Å². The molecule has 154 valence electrons. The fraction of sp³-hybridized carbons (Fsp3) is 0.190. The summed E-state index contributed by atoms with van der Waals surface area (Å²) in [5.41, 5.74) is 1.60. The largest absolute Gasteiger partial charge is 0.320 e. The van der Waals surface area contributed by atoms with Crippen molar-refractivity contribution in [1.29, 1.82) is 0 Å². The molecule has 2 aromatic rings. The first-order valence-electron chi connectivity index (χ1n) is 9.17. The predicted molar refractivity (Wildman–Crippen MR) is 118 cm³/mol. The minimum atomic E-state index is -0.671. The Morgan fingerprint density at radius 2 is 2.00 bits per heavy atom. The molecule has 8 nitrogen and oxygen atoms in total. The summed E-state index contributed by atoms with van der Waals surface area (Å²) in [6, 6.07) is 13.4. The van der Waals surface area contributed by atoms with Crippen molar-refractivity contribution >= 4 is 45.8 Å². The van der Waals surface area contributed by atoms with E-state index in [0.717, 1.165) is 11.3 Å². The van der Waals surface area contributed by atoms with E-state index in [-0.39, 0.29) is 30.2 Å². The third kappa shape index (κ3) is 4.74. The second-order valence-electron chi connectivity index (χ2n) is 6.55. The molecule has 0 aromatic heterocycles. The first-order chi connectivity index (χ1) is 14.4. The molecule has 0 saturated carbocycles. The first kappa shape index (κ1) is 21.3. The van der Waals surface area contributed by atoms with Crippen LogP contribution in [0.2, 0.25) is 0 Å². The highest BCUT2D eigenvalue weighted by Gasteiger charge is 2.38. The molecule has 1 aliphatic rings. The van der Waals surface area contributed by atoms with Crippen LogP contribution >= 0.6 is 11.8 Å². The number of nitro benzene ring substituents is 1. The van der Waals surface area contributed by atoms with Crippen LogP contribution in [0.5, 0.6) is 0 Å². The van der Waals surface area contributed by atoms with Crippen LogP contribution in [-0.4, -0.2) is 38.6 Å². The fourth-order valence-electron chi connectivity index (χ4n) is 2.92. The number of nitrogens with one attached hydrogen (secondary N) is 1. The van der Waals surface area contributed by atoms with Gasteiger partial charge in [-0.2, -0.15) is 0 Å². The Bertz CT molecular complexity index is 1040. The van der Waals surface area contributed by atoms with E-state index in [1.807, 2.05) is 31.2 Å². The smallest absolute Gasteiger partial charge is 0.292 e. The van der Waals surface area contributed by atoms with Crippen LogP contribution < -0.4 is 5.32 Å². The average Bonchev–Trinajstić information content (AvgIpc) is 2.99.